The van der Waals surface area contributed by atoms with Crippen molar-refractivity contribution >= 4 is 5.91 Å². The average molecular weight is 268 g/mol. The predicted molar refractivity (Wildman–Crippen MR) is 76.0 cm³/mol. The number of carbonyl (C=O) groups is 1. The van der Waals surface area contributed by atoms with Crippen molar-refractivity contribution in [2.75, 3.05) is 26.2 Å². The van der Waals surface area contributed by atoms with E-state index in [-0.39, 0.29) is 12.1 Å². The Morgan fingerprint density at radius 3 is 2.74 bits per heavy atom. The fourth-order valence-electron chi connectivity index (χ4n) is 3.26. The Labute approximate surface area is 116 Å². The molecule has 2 aliphatic heterocycles. The maximum absolute atomic E-state index is 12.5. The Bertz CT molecular complexity index is 303. The summed E-state index contributed by atoms with van der Waals surface area (Å²) in [6.45, 7) is 10.0. The zero-order chi connectivity index (χ0) is 13.8. The summed E-state index contributed by atoms with van der Waals surface area (Å²) in [5.74, 6) is 1.52. The molecule has 0 bridgehead atoms. The first kappa shape index (κ1) is 14.8. The fourth-order valence-corrected chi connectivity index (χ4v) is 3.26. The number of morpholine rings is 1. The van der Waals surface area contributed by atoms with Crippen molar-refractivity contribution in [3.8, 4) is 0 Å². The molecular formula is C15H28N2O2. The number of nitrogens with one attached hydrogen (secondary N) is 1. The molecule has 2 fully saturated rings. The van der Waals surface area contributed by atoms with Crippen LogP contribution in [0.1, 0.15) is 40.0 Å². The van der Waals surface area contributed by atoms with E-state index in [1.54, 1.807) is 0 Å². The third-order valence-electron chi connectivity index (χ3n) is 4.89. The minimum atomic E-state index is 0.159. The molecule has 0 aromatic rings. The highest BCUT2D eigenvalue weighted by atomic mass is 16.5. The molecule has 4 heteroatoms. The van der Waals surface area contributed by atoms with E-state index in [1.807, 2.05) is 4.90 Å². The smallest absolute Gasteiger partial charge is 0.223 e. The van der Waals surface area contributed by atoms with Gasteiger partial charge in [-0.05, 0) is 51.6 Å². The van der Waals surface area contributed by atoms with Crippen molar-refractivity contribution in [2.24, 2.45) is 11.8 Å². The van der Waals surface area contributed by atoms with Crippen LogP contribution in [0.3, 0.4) is 0 Å². The summed E-state index contributed by atoms with van der Waals surface area (Å²) in [6.07, 6.45) is 3.28. The van der Waals surface area contributed by atoms with Gasteiger partial charge in [-0.15, -0.1) is 0 Å². The molecule has 1 N–H and O–H groups in total. The van der Waals surface area contributed by atoms with Crippen LogP contribution in [0.4, 0.5) is 0 Å². The third-order valence-corrected chi connectivity index (χ3v) is 4.89. The molecule has 1 amide bonds. The van der Waals surface area contributed by atoms with Gasteiger partial charge in [0.15, 0.2) is 0 Å². The van der Waals surface area contributed by atoms with Crippen LogP contribution in [0.25, 0.3) is 0 Å². The van der Waals surface area contributed by atoms with Crippen molar-refractivity contribution in [3.05, 3.63) is 0 Å². The molecule has 2 saturated heterocycles. The van der Waals surface area contributed by atoms with E-state index in [1.165, 1.54) is 12.8 Å². The molecule has 0 aliphatic carbocycles. The van der Waals surface area contributed by atoms with E-state index < -0.39 is 0 Å². The van der Waals surface area contributed by atoms with Gasteiger partial charge in [0.2, 0.25) is 5.91 Å². The lowest BCUT2D eigenvalue weighted by Crippen LogP contribution is -2.51. The summed E-state index contributed by atoms with van der Waals surface area (Å²) in [4.78, 5) is 14.5. The molecule has 2 heterocycles. The Morgan fingerprint density at radius 2 is 2.05 bits per heavy atom. The van der Waals surface area contributed by atoms with Gasteiger partial charge in [0, 0.05) is 13.0 Å². The standard InChI is InChI=1S/C15H28N2O2/c1-11(14-4-6-16-7-5-14)10-15(18)17-8-9-19-13(3)12(17)2/h11-14,16H,4-10H2,1-3H3. The third kappa shape index (κ3) is 3.69. The van der Waals surface area contributed by atoms with E-state index in [9.17, 15) is 4.79 Å². The second-order valence-electron chi connectivity index (χ2n) is 6.17. The first-order valence-corrected chi connectivity index (χ1v) is 7.71. The van der Waals surface area contributed by atoms with Crippen LogP contribution in [0.15, 0.2) is 0 Å². The zero-order valence-corrected chi connectivity index (χ0v) is 12.5. The van der Waals surface area contributed by atoms with E-state index in [2.05, 4.69) is 26.1 Å². The Kier molecular flexibility index (Phi) is 5.22. The second-order valence-corrected chi connectivity index (χ2v) is 6.17. The van der Waals surface area contributed by atoms with E-state index in [0.717, 1.165) is 19.6 Å². The molecule has 2 rings (SSSR count). The SMILES string of the molecule is CC(CC(=O)N1CCOC(C)C1C)C1CCNCC1. The van der Waals surface area contributed by atoms with Crippen molar-refractivity contribution in [3.63, 3.8) is 0 Å². The van der Waals surface area contributed by atoms with Crippen LogP contribution < -0.4 is 5.32 Å². The minimum absolute atomic E-state index is 0.159. The fraction of sp³-hybridized carbons (Fsp3) is 0.933. The maximum Gasteiger partial charge on any atom is 0.223 e. The van der Waals surface area contributed by atoms with Gasteiger partial charge in [-0.1, -0.05) is 6.92 Å². The highest BCUT2D eigenvalue weighted by Gasteiger charge is 2.31. The van der Waals surface area contributed by atoms with Crippen molar-refractivity contribution in [2.45, 2.75) is 52.2 Å². The molecule has 4 nitrogen and oxygen atoms in total. The summed E-state index contributed by atoms with van der Waals surface area (Å²) in [7, 11) is 0. The summed E-state index contributed by atoms with van der Waals surface area (Å²) in [6, 6.07) is 0.210. The molecule has 0 radical (unpaired) electrons. The van der Waals surface area contributed by atoms with Crippen LogP contribution in [0, 0.1) is 11.8 Å². The van der Waals surface area contributed by atoms with Crippen LogP contribution in [-0.4, -0.2) is 49.2 Å². The molecule has 0 aromatic heterocycles. The van der Waals surface area contributed by atoms with Crippen LogP contribution in [-0.2, 0) is 9.53 Å². The van der Waals surface area contributed by atoms with Gasteiger partial charge in [-0.2, -0.15) is 0 Å². The highest BCUT2D eigenvalue weighted by molar-refractivity contribution is 5.77. The van der Waals surface area contributed by atoms with Crippen molar-refractivity contribution < 1.29 is 9.53 Å². The van der Waals surface area contributed by atoms with Crippen molar-refractivity contribution in [1.29, 1.82) is 0 Å². The van der Waals surface area contributed by atoms with Crippen LogP contribution >= 0.6 is 0 Å². The molecule has 2 aliphatic rings. The molecule has 0 spiro atoms. The molecule has 19 heavy (non-hydrogen) atoms. The number of ether oxygens (including phenoxy) is 1. The molecule has 0 saturated carbocycles. The predicted octanol–water partition coefficient (Wildman–Crippen LogP) is 1.65. The molecule has 3 atom stereocenters. The van der Waals surface area contributed by atoms with Gasteiger partial charge in [0.1, 0.15) is 0 Å². The summed E-state index contributed by atoms with van der Waals surface area (Å²) in [5, 5.41) is 3.39. The zero-order valence-electron chi connectivity index (χ0n) is 12.5. The first-order chi connectivity index (χ1) is 9.09. The monoisotopic (exact) mass is 268 g/mol. The summed E-state index contributed by atoms with van der Waals surface area (Å²) < 4.78 is 5.59. The van der Waals surface area contributed by atoms with Crippen LogP contribution in [0.2, 0.25) is 0 Å². The lowest BCUT2D eigenvalue weighted by atomic mass is 9.84. The average Bonchev–Trinajstić information content (AvgIpc) is 2.42. The number of hydrogen-bond acceptors (Lipinski definition) is 3. The van der Waals surface area contributed by atoms with Gasteiger partial charge in [0.05, 0.1) is 18.8 Å². The number of hydrogen-bond donors (Lipinski definition) is 1. The maximum atomic E-state index is 12.5. The Morgan fingerprint density at radius 1 is 1.37 bits per heavy atom. The van der Waals surface area contributed by atoms with E-state index in [4.69, 9.17) is 4.74 Å². The number of amides is 1. The highest BCUT2D eigenvalue weighted by Crippen LogP contribution is 2.26. The molecular weight excluding hydrogens is 240 g/mol. The summed E-state index contributed by atoms with van der Waals surface area (Å²) >= 11 is 0. The first-order valence-electron chi connectivity index (χ1n) is 7.71. The minimum Gasteiger partial charge on any atom is -0.375 e. The van der Waals surface area contributed by atoms with E-state index >= 15 is 0 Å². The summed E-state index contributed by atoms with van der Waals surface area (Å²) in [5.41, 5.74) is 0. The van der Waals surface area contributed by atoms with Gasteiger partial charge in [0.25, 0.3) is 0 Å². The topological polar surface area (TPSA) is 41.6 Å². The Hall–Kier alpha value is -0.610. The van der Waals surface area contributed by atoms with Gasteiger partial charge in [-0.25, -0.2) is 0 Å². The molecule has 0 aromatic carbocycles. The Balaban J connectivity index is 1.85. The molecule has 3 unspecified atom stereocenters. The van der Waals surface area contributed by atoms with Gasteiger partial charge < -0.3 is 15.0 Å². The van der Waals surface area contributed by atoms with E-state index in [0.29, 0.717) is 30.8 Å². The quantitative estimate of drug-likeness (QED) is 0.846. The van der Waals surface area contributed by atoms with Crippen LogP contribution in [0.5, 0.6) is 0 Å². The van der Waals surface area contributed by atoms with Crippen molar-refractivity contribution in [1.82, 2.24) is 10.2 Å². The lowest BCUT2D eigenvalue weighted by molar-refractivity contribution is -0.145. The molecule has 110 valence electrons. The normalized spacial score (nSPS) is 31.2. The lowest BCUT2D eigenvalue weighted by Gasteiger charge is -2.39. The van der Waals surface area contributed by atoms with Gasteiger partial charge >= 0.3 is 0 Å². The number of carbonyl (C=O) groups excluding carboxylic acids is 1. The number of rotatable bonds is 3. The number of nitrogens with zero attached hydrogens (tertiary/aromatic N) is 1. The number of piperidine rings is 1. The van der Waals surface area contributed by atoms with Gasteiger partial charge in [-0.3, -0.25) is 4.79 Å². The largest absolute Gasteiger partial charge is 0.375 e. The second kappa shape index (κ2) is 6.71.